The summed E-state index contributed by atoms with van der Waals surface area (Å²) in [5, 5.41) is 14.8. The van der Waals surface area contributed by atoms with E-state index < -0.39 is 34.1 Å². The summed E-state index contributed by atoms with van der Waals surface area (Å²) in [7, 11) is 0. The molecule has 4 heterocycles. The summed E-state index contributed by atoms with van der Waals surface area (Å²) in [6.07, 6.45) is 1.49. The Hall–Kier alpha value is -3.30. The Bertz CT molecular complexity index is 1300. The second kappa shape index (κ2) is 6.61. The fourth-order valence-corrected chi connectivity index (χ4v) is 6.64. The van der Waals surface area contributed by atoms with E-state index in [2.05, 4.69) is 5.32 Å². The molecule has 9 nitrogen and oxygen atoms in total. The SMILES string of the molecule is Cc1c(N2C(=O)[C@@H]3[C@@H]4CCCN4[C@@]4(C(=O)Nc5ccc(Cl)cc54)[C@H]3C2=O)cccc1[N+](=O)[O-]. The molecule has 4 atom stereocenters. The van der Waals surface area contributed by atoms with Gasteiger partial charge >= 0.3 is 0 Å². The first-order valence-electron chi connectivity index (χ1n) is 10.8. The van der Waals surface area contributed by atoms with Crippen LogP contribution in [-0.2, 0) is 19.9 Å². The zero-order chi connectivity index (χ0) is 23.2. The first-order valence-corrected chi connectivity index (χ1v) is 11.2. The lowest BCUT2D eigenvalue weighted by Crippen LogP contribution is -2.54. The number of hydrogen-bond donors (Lipinski definition) is 1. The minimum absolute atomic E-state index is 0.168. The number of fused-ring (bicyclic) bond motifs is 7. The number of amides is 3. The molecule has 1 spiro atoms. The van der Waals surface area contributed by atoms with Gasteiger partial charge in [-0.25, -0.2) is 4.90 Å². The van der Waals surface area contributed by atoms with Crippen LogP contribution in [0.2, 0.25) is 5.02 Å². The van der Waals surface area contributed by atoms with Gasteiger partial charge in [-0.3, -0.25) is 29.4 Å². The van der Waals surface area contributed by atoms with Crippen molar-refractivity contribution in [1.29, 1.82) is 0 Å². The van der Waals surface area contributed by atoms with Crippen LogP contribution in [0.25, 0.3) is 0 Å². The van der Waals surface area contributed by atoms with Crippen molar-refractivity contribution in [3.63, 3.8) is 0 Å². The lowest BCUT2D eigenvalue weighted by Gasteiger charge is -2.36. The third-order valence-corrected chi connectivity index (χ3v) is 7.90. The Morgan fingerprint density at radius 2 is 1.97 bits per heavy atom. The van der Waals surface area contributed by atoms with Gasteiger partial charge in [0.25, 0.3) is 5.69 Å². The molecular weight excluding hydrogens is 448 g/mol. The first kappa shape index (κ1) is 20.3. The summed E-state index contributed by atoms with van der Waals surface area (Å²) < 4.78 is 0. The predicted octanol–water partition coefficient (Wildman–Crippen LogP) is 2.99. The van der Waals surface area contributed by atoms with Crippen LogP contribution in [0.1, 0.15) is 24.0 Å². The van der Waals surface area contributed by atoms with E-state index >= 15 is 0 Å². The van der Waals surface area contributed by atoms with E-state index in [1.165, 1.54) is 25.1 Å². The third kappa shape index (κ3) is 2.33. The molecule has 0 radical (unpaired) electrons. The van der Waals surface area contributed by atoms with E-state index in [1.54, 1.807) is 18.2 Å². The topological polar surface area (TPSA) is 113 Å². The summed E-state index contributed by atoms with van der Waals surface area (Å²) in [6, 6.07) is 9.16. The van der Waals surface area contributed by atoms with Gasteiger partial charge in [0.15, 0.2) is 0 Å². The molecule has 3 saturated heterocycles. The Balaban J connectivity index is 1.56. The fraction of sp³-hybridized carbons (Fsp3) is 0.348. The van der Waals surface area contributed by atoms with Crippen molar-refractivity contribution in [3.05, 3.63) is 62.7 Å². The molecule has 10 heteroatoms. The molecule has 0 unspecified atom stereocenters. The Kier molecular flexibility index (Phi) is 4.07. The smallest absolute Gasteiger partial charge is 0.274 e. The highest BCUT2D eigenvalue weighted by molar-refractivity contribution is 6.31. The number of nitrogens with zero attached hydrogens (tertiary/aromatic N) is 3. The molecule has 4 aliphatic heterocycles. The van der Waals surface area contributed by atoms with Gasteiger partial charge in [0.2, 0.25) is 17.7 Å². The van der Waals surface area contributed by atoms with Crippen molar-refractivity contribution in [1.82, 2.24) is 4.90 Å². The van der Waals surface area contributed by atoms with Crippen LogP contribution in [0.15, 0.2) is 36.4 Å². The summed E-state index contributed by atoms with van der Waals surface area (Å²) in [4.78, 5) is 55.3. The maximum absolute atomic E-state index is 14.0. The van der Waals surface area contributed by atoms with Gasteiger partial charge in [0, 0.05) is 28.4 Å². The van der Waals surface area contributed by atoms with Gasteiger partial charge in [-0.05, 0) is 50.6 Å². The van der Waals surface area contributed by atoms with Gasteiger partial charge in [-0.1, -0.05) is 17.7 Å². The zero-order valence-corrected chi connectivity index (χ0v) is 18.3. The molecule has 2 aromatic carbocycles. The predicted molar refractivity (Wildman–Crippen MR) is 119 cm³/mol. The lowest BCUT2D eigenvalue weighted by atomic mass is 9.75. The molecule has 2 aromatic rings. The summed E-state index contributed by atoms with van der Waals surface area (Å²) >= 11 is 6.29. The molecule has 1 N–H and O–H groups in total. The normalized spacial score (nSPS) is 30.1. The van der Waals surface area contributed by atoms with E-state index in [0.29, 0.717) is 29.2 Å². The zero-order valence-electron chi connectivity index (χ0n) is 17.6. The second-order valence-electron chi connectivity index (χ2n) is 9.01. The Labute approximate surface area is 193 Å². The Morgan fingerprint density at radius 1 is 1.18 bits per heavy atom. The van der Waals surface area contributed by atoms with Gasteiger partial charge in [-0.15, -0.1) is 0 Å². The molecule has 4 aliphatic rings. The molecule has 33 heavy (non-hydrogen) atoms. The van der Waals surface area contributed by atoms with Crippen molar-refractivity contribution < 1.29 is 19.3 Å². The number of anilines is 2. The summed E-state index contributed by atoms with van der Waals surface area (Å²) in [6.45, 7) is 2.12. The minimum atomic E-state index is -1.33. The Morgan fingerprint density at radius 3 is 2.73 bits per heavy atom. The average Bonchev–Trinajstić information content (AvgIpc) is 3.47. The number of nitro groups is 1. The van der Waals surface area contributed by atoms with Crippen LogP contribution in [0, 0.1) is 28.9 Å². The largest absolute Gasteiger partial charge is 0.324 e. The van der Waals surface area contributed by atoms with E-state index in [4.69, 9.17) is 11.6 Å². The molecule has 0 saturated carbocycles. The molecule has 6 rings (SSSR count). The molecular formula is C23H19ClN4O5. The fourth-order valence-electron chi connectivity index (χ4n) is 6.46. The van der Waals surface area contributed by atoms with Crippen molar-refractivity contribution in [3.8, 4) is 0 Å². The lowest BCUT2D eigenvalue weighted by molar-refractivity contribution is -0.385. The highest BCUT2D eigenvalue weighted by Gasteiger charge is 2.74. The van der Waals surface area contributed by atoms with Gasteiger partial charge < -0.3 is 5.32 Å². The van der Waals surface area contributed by atoms with Crippen LogP contribution >= 0.6 is 11.6 Å². The third-order valence-electron chi connectivity index (χ3n) is 7.67. The summed E-state index contributed by atoms with van der Waals surface area (Å²) in [5.41, 5.74) is 0.123. The number of imide groups is 1. The van der Waals surface area contributed by atoms with Crippen molar-refractivity contribution in [2.24, 2.45) is 11.8 Å². The van der Waals surface area contributed by atoms with Crippen molar-refractivity contribution >= 4 is 46.4 Å². The molecule has 0 bridgehead atoms. The van der Waals surface area contributed by atoms with E-state index in [-0.39, 0.29) is 28.9 Å². The maximum Gasteiger partial charge on any atom is 0.274 e. The van der Waals surface area contributed by atoms with Crippen molar-refractivity contribution in [2.45, 2.75) is 31.3 Å². The molecule has 0 aromatic heterocycles. The standard InChI is InChI=1S/C23H19ClN4O5/c1-11-15(4-2-5-16(11)28(32)33)27-20(29)18-17-6-3-9-26(17)23(19(18)21(27)30)13-10-12(24)7-8-14(13)25-22(23)31/h2,4-5,7-8,10,17-19H,3,6,9H2,1H3,(H,25,31)/t17-,18+,19+,23+/m0/s1. The molecule has 3 amide bonds. The number of nitrogens with one attached hydrogen (secondary N) is 1. The number of carbonyl (C=O) groups is 3. The number of rotatable bonds is 2. The minimum Gasteiger partial charge on any atom is -0.324 e. The van der Waals surface area contributed by atoms with Crippen LogP contribution in [-0.4, -0.2) is 40.1 Å². The van der Waals surface area contributed by atoms with E-state index in [1.807, 2.05) is 4.90 Å². The van der Waals surface area contributed by atoms with Crippen LogP contribution in [0.4, 0.5) is 17.1 Å². The van der Waals surface area contributed by atoms with E-state index in [0.717, 1.165) is 11.3 Å². The van der Waals surface area contributed by atoms with E-state index in [9.17, 15) is 24.5 Å². The highest BCUT2D eigenvalue weighted by atomic mass is 35.5. The number of benzene rings is 2. The highest BCUT2D eigenvalue weighted by Crippen LogP contribution is 2.61. The number of hydrogen-bond acceptors (Lipinski definition) is 6. The second-order valence-corrected chi connectivity index (χ2v) is 9.44. The number of carbonyl (C=O) groups excluding carboxylic acids is 3. The van der Waals surface area contributed by atoms with Crippen LogP contribution in [0.5, 0.6) is 0 Å². The monoisotopic (exact) mass is 466 g/mol. The van der Waals surface area contributed by atoms with Gasteiger partial charge in [0.05, 0.1) is 28.0 Å². The molecule has 0 aliphatic carbocycles. The maximum atomic E-state index is 14.0. The van der Waals surface area contributed by atoms with Gasteiger partial charge in [-0.2, -0.15) is 0 Å². The first-order chi connectivity index (χ1) is 15.8. The molecule has 168 valence electrons. The number of nitro benzene ring substituents is 1. The average molecular weight is 467 g/mol. The number of halogens is 1. The molecule has 3 fully saturated rings. The van der Waals surface area contributed by atoms with Gasteiger partial charge in [0.1, 0.15) is 5.54 Å². The quantitative estimate of drug-likeness (QED) is 0.413. The van der Waals surface area contributed by atoms with Crippen LogP contribution < -0.4 is 10.2 Å². The van der Waals surface area contributed by atoms with Crippen LogP contribution in [0.3, 0.4) is 0 Å². The van der Waals surface area contributed by atoms with Crippen molar-refractivity contribution in [2.75, 3.05) is 16.8 Å². The summed E-state index contributed by atoms with van der Waals surface area (Å²) in [5.74, 6) is -2.91.